The number of hydrogen-bond acceptors (Lipinski definition) is 3. The minimum Gasteiger partial charge on any atom is -0.492 e. The van der Waals surface area contributed by atoms with E-state index in [0.717, 1.165) is 35.3 Å². The van der Waals surface area contributed by atoms with E-state index in [9.17, 15) is 4.79 Å². The van der Waals surface area contributed by atoms with E-state index in [0.29, 0.717) is 6.61 Å². The molecule has 1 fully saturated rings. The molecule has 0 atom stereocenters. The second-order valence-corrected chi connectivity index (χ2v) is 4.62. The highest BCUT2D eigenvalue weighted by Crippen LogP contribution is 2.20. The number of likely N-dealkylation sites (tertiary alicyclic amines) is 1. The quantitative estimate of drug-likeness (QED) is 0.730. The fourth-order valence-corrected chi connectivity index (χ4v) is 1.96. The van der Waals surface area contributed by atoms with E-state index in [1.54, 1.807) is 0 Å². The topological polar surface area (TPSA) is 29.5 Å². The van der Waals surface area contributed by atoms with Gasteiger partial charge in [0.25, 0.3) is 0 Å². The minimum absolute atomic E-state index is 0.695. The summed E-state index contributed by atoms with van der Waals surface area (Å²) in [5.74, 6) is 0.802. The number of aldehydes is 1. The fourth-order valence-electron chi connectivity index (χ4n) is 1.96. The van der Waals surface area contributed by atoms with Crippen molar-refractivity contribution < 1.29 is 9.53 Å². The Labute approximate surface area is 102 Å². The van der Waals surface area contributed by atoms with Gasteiger partial charge in [-0.25, -0.2) is 0 Å². The Morgan fingerprint density at radius 2 is 2.12 bits per heavy atom. The Kier molecular flexibility index (Phi) is 3.79. The zero-order chi connectivity index (χ0) is 12.3. The van der Waals surface area contributed by atoms with Crippen LogP contribution in [0.5, 0.6) is 5.75 Å². The van der Waals surface area contributed by atoms with Crippen LogP contribution in [0.15, 0.2) is 12.1 Å². The Balaban J connectivity index is 1.95. The van der Waals surface area contributed by atoms with Crippen molar-refractivity contribution in [2.24, 2.45) is 0 Å². The second kappa shape index (κ2) is 5.32. The van der Waals surface area contributed by atoms with Gasteiger partial charge in [-0.05, 0) is 56.6 Å². The molecule has 1 saturated heterocycles. The van der Waals surface area contributed by atoms with E-state index in [1.165, 1.54) is 19.5 Å². The van der Waals surface area contributed by atoms with Gasteiger partial charge in [0, 0.05) is 12.1 Å². The highest BCUT2D eigenvalue weighted by Gasteiger charge is 2.13. The summed E-state index contributed by atoms with van der Waals surface area (Å²) in [6.07, 6.45) is 2.20. The Morgan fingerprint density at radius 3 is 2.71 bits per heavy atom. The smallest absolute Gasteiger partial charge is 0.150 e. The lowest BCUT2D eigenvalue weighted by Crippen LogP contribution is -2.39. The van der Waals surface area contributed by atoms with Crippen LogP contribution in [0.4, 0.5) is 0 Å². The average Bonchev–Trinajstić information content (AvgIpc) is 2.26. The van der Waals surface area contributed by atoms with Gasteiger partial charge in [-0.2, -0.15) is 0 Å². The summed E-state index contributed by atoms with van der Waals surface area (Å²) in [5.41, 5.74) is 2.87. The molecule has 0 unspecified atom stereocenters. The van der Waals surface area contributed by atoms with Gasteiger partial charge >= 0.3 is 0 Å². The van der Waals surface area contributed by atoms with Crippen LogP contribution in [-0.4, -0.2) is 37.4 Å². The first kappa shape index (κ1) is 12.1. The maximum Gasteiger partial charge on any atom is 0.150 e. The van der Waals surface area contributed by atoms with Crippen molar-refractivity contribution in [1.29, 1.82) is 0 Å². The highest BCUT2D eigenvalue weighted by molar-refractivity contribution is 5.78. The van der Waals surface area contributed by atoms with Gasteiger partial charge in [0.05, 0.1) is 0 Å². The highest BCUT2D eigenvalue weighted by atomic mass is 16.5. The van der Waals surface area contributed by atoms with Crippen LogP contribution in [0.2, 0.25) is 0 Å². The maximum atomic E-state index is 10.9. The van der Waals surface area contributed by atoms with Crippen LogP contribution in [-0.2, 0) is 0 Å². The van der Waals surface area contributed by atoms with Crippen LogP contribution in [0, 0.1) is 13.8 Å². The van der Waals surface area contributed by atoms with E-state index in [4.69, 9.17) is 4.74 Å². The van der Waals surface area contributed by atoms with Crippen molar-refractivity contribution in [1.82, 2.24) is 4.90 Å². The number of carbonyl (C=O) groups is 1. The van der Waals surface area contributed by atoms with Gasteiger partial charge in [-0.1, -0.05) is 0 Å². The van der Waals surface area contributed by atoms with Crippen molar-refractivity contribution in [2.45, 2.75) is 20.3 Å². The molecule has 1 heterocycles. The molecule has 17 heavy (non-hydrogen) atoms. The molecule has 0 N–H and O–H groups in total. The molecule has 3 heteroatoms. The molecule has 92 valence electrons. The number of benzene rings is 1. The van der Waals surface area contributed by atoms with Crippen LogP contribution in [0.3, 0.4) is 0 Å². The number of rotatable bonds is 5. The first-order valence-electron chi connectivity index (χ1n) is 6.12. The zero-order valence-corrected chi connectivity index (χ0v) is 10.5. The molecular formula is C14H19NO2. The molecule has 1 aliphatic heterocycles. The molecule has 0 saturated carbocycles. The predicted molar refractivity (Wildman–Crippen MR) is 67.9 cm³/mol. The summed E-state index contributed by atoms with van der Waals surface area (Å²) in [4.78, 5) is 13.3. The molecule has 1 aliphatic rings. The normalized spacial score (nSPS) is 15.4. The predicted octanol–water partition coefficient (Wildman–Crippen LogP) is 2.20. The van der Waals surface area contributed by atoms with Gasteiger partial charge in [-0.15, -0.1) is 0 Å². The van der Waals surface area contributed by atoms with E-state index >= 15 is 0 Å². The third kappa shape index (κ3) is 2.86. The van der Waals surface area contributed by atoms with Gasteiger partial charge in [0.2, 0.25) is 0 Å². The summed E-state index contributed by atoms with van der Waals surface area (Å²) in [5, 5.41) is 0. The fraction of sp³-hybridized carbons (Fsp3) is 0.500. The van der Waals surface area contributed by atoms with Gasteiger partial charge in [0.1, 0.15) is 18.6 Å². The number of hydrogen-bond donors (Lipinski definition) is 0. The largest absolute Gasteiger partial charge is 0.492 e. The molecule has 0 spiro atoms. The summed E-state index contributed by atoms with van der Waals surface area (Å²) in [7, 11) is 0. The van der Waals surface area contributed by atoms with Crippen molar-refractivity contribution in [3.05, 3.63) is 28.8 Å². The Hall–Kier alpha value is -1.35. The zero-order valence-electron chi connectivity index (χ0n) is 10.5. The molecule has 2 rings (SSSR count). The summed E-state index contributed by atoms with van der Waals surface area (Å²) in [6.45, 7) is 8.02. The lowest BCUT2D eigenvalue weighted by molar-refractivity contribution is 0.112. The van der Waals surface area contributed by atoms with Crippen LogP contribution >= 0.6 is 0 Å². The summed E-state index contributed by atoms with van der Waals surface area (Å²) in [6, 6.07) is 3.82. The average molecular weight is 233 g/mol. The number of aryl methyl sites for hydroxylation is 1. The lowest BCUT2D eigenvalue weighted by Gasteiger charge is -2.30. The van der Waals surface area contributed by atoms with E-state index in [1.807, 2.05) is 26.0 Å². The second-order valence-electron chi connectivity index (χ2n) is 4.62. The molecule has 0 aliphatic carbocycles. The molecule has 0 radical (unpaired) electrons. The Bertz CT molecular complexity index is 411. The van der Waals surface area contributed by atoms with E-state index in [-0.39, 0.29) is 0 Å². The van der Waals surface area contributed by atoms with Crippen molar-refractivity contribution in [3.63, 3.8) is 0 Å². The van der Waals surface area contributed by atoms with Crippen LogP contribution in [0.25, 0.3) is 0 Å². The first-order chi connectivity index (χ1) is 8.20. The van der Waals surface area contributed by atoms with Crippen LogP contribution < -0.4 is 4.74 Å². The lowest BCUT2D eigenvalue weighted by atomic mass is 10.0. The number of ether oxygens (including phenoxy) is 1. The third-order valence-electron chi connectivity index (χ3n) is 3.43. The standard InChI is InChI=1S/C14H19NO2/c1-11-8-14(9-13(10-16)12(11)2)17-7-6-15-4-3-5-15/h8-10H,3-7H2,1-2H3. The molecule has 0 aromatic heterocycles. The number of carbonyl (C=O) groups excluding carboxylic acids is 1. The molecule has 0 amide bonds. The van der Waals surface area contributed by atoms with Gasteiger partial charge in [-0.3, -0.25) is 9.69 Å². The molecule has 1 aromatic rings. The van der Waals surface area contributed by atoms with Crippen molar-refractivity contribution in [2.75, 3.05) is 26.2 Å². The molecular weight excluding hydrogens is 214 g/mol. The summed E-state index contributed by atoms with van der Waals surface area (Å²) >= 11 is 0. The number of nitrogens with zero attached hydrogens (tertiary/aromatic N) is 1. The monoisotopic (exact) mass is 233 g/mol. The minimum atomic E-state index is 0.695. The van der Waals surface area contributed by atoms with E-state index < -0.39 is 0 Å². The summed E-state index contributed by atoms with van der Waals surface area (Å²) < 4.78 is 5.69. The SMILES string of the molecule is Cc1cc(OCCN2CCC2)cc(C=O)c1C. The van der Waals surface area contributed by atoms with Gasteiger partial charge in [0.15, 0.2) is 0 Å². The third-order valence-corrected chi connectivity index (χ3v) is 3.43. The first-order valence-corrected chi connectivity index (χ1v) is 6.12. The molecule has 3 nitrogen and oxygen atoms in total. The van der Waals surface area contributed by atoms with Crippen LogP contribution in [0.1, 0.15) is 27.9 Å². The van der Waals surface area contributed by atoms with E-state index in [2.05, 4.69) is 4.90 Å². The Morgan fingerprint density at radius 1 is 1.35 bits per heavy atom. The maximum absolute atomic E-state index is 10.9. The molecule has 1 aromatic carbocycles. The van der Waals surface area contributed by atoms with Crippen molar-refractivity contribution in [3.8, 4) is 5.75 Å². The van der Waals surface area contributed by atoms with Crippen molar-refractivity contribution >= 4 is 6.29 Å². The van der Waals surface area contributed by atoms with Gasteiger partial charge < -0.3 is 4.74 Å². The molecule has 0 bridgehead atoms.